The molecule has 0 amide bonds. The molecule has 2 aromatic heterocycles. The summed E-state index contributed by atoms with van der Waals surface area (Å²) in [6.07, 6.45) is 0. The number of benzene rings is 6. The fraction of sp³-hybridized carbons (Fsp3) is 0. The van der Waals surface area contributed by atoms with Crippen LogP contribution in [-0.2, 0) is 0 Å². The molecule has 0 bridgehead atoms. The summed E-state index contributed by atoms with van der Waals surface area (Å²) in [5, 5.41) is 0. The number of nitrogens with zero attached hydrogens (tertiary/aromatic N) is 4. The monoisotopic (exact) mass is 580 g/mol. The third kappa shape index (κ3) is 5.11. The van der Waals surface area contributed by atoms with E-state index in [1.807, 2.05) is 91.0 Å². The summed E-state index contributed by atoms with van der Waals surface area (Å²) in [5.41, 5.74) is 11.7. The first kappa shape index (κ1) is 26.5. The van der Waals surface area contributed by atoms with Gasteiger partial charge in [-0.2, -0.15) is 0 Å². The van der Waals surface area contributed by atoms with Crippen LogP contribution < -0.4 is 0 Å². The van der Waals surface area contributed by atoms with Crippen LogP contribution in [-0.4, -0.2) is 19.9 Å². The molecule has 0 fully saturated rings. The molecule has 2 heterocycles. The van der Waals surface area contributed by atoms with E-state index in [1.54, 1.807) is 6.07 Å². The zero-order chi connectivity index (χ0) is 30.2. The van der Waals surface area contributed by atoms with Crippen molar-refractivity contribution >= 4 is 22.1 Å². The maximum Gasteiger partial charge on any atom is 0.123 e. The summed E-state index contributed by atoms with van der Waals surface area (Å²) in [7, 11) is 0. The van der Waals surface area contributed by atoms with Crippen molar-refractivity contribution in [3.63, 3.8) is 0 Å². The Morgan fingerprint density at radius 2 is 0.667 bits per heavy atom. The van der Waals surface area contributed by atoms with Crippen molar-refractivity contribution in [1.29, 1.82) is 0 Å². The van der Waals surface area contributed by atoms with Gasteiger partial charge in [0.1, 0.15) is 5.82 Å². The summed E-state index contributed by atoms with van der Waals surface area (Å²) in [4.78, 5) is 20.3. The molecule has 0 N–H and O–H groups in total. The molecule has 212 valence electrons. The Bertz CT molecular complexity index is 2320. The van der Waals surface area contributed by atoms with Crippen LogP contribution in [0.5, 0.6) is 0 Å². The summed E-state index contributed by atoms with van der Waals surface area (Å²) in [6, 6.07) is 49.0. The lowest BCUT2D eigenvalue weighted by atomic mass is 10.0. The SMILES string of the molecule is Fc1cccc(-c2nc3cc(-c4ccc5nc(-c6ccccc6)c(-c6ccccc6)nc5c4)ccc3nc2-c2ccccc2)c1. The van der Waals surface area contributed by atoms with Gasteiger partial charge in [-0.15, -0.1) is 0 Å². The van der Waals surface area contributed by atoms with Gasteiger partial charge in [-0.3, -0.25) is 0 Å². The van der Waals surface area contributed by atoms with Crippen molar-refractivity contribution in [3.8, 4) is 56.2 Å². The quantitative estimate of drug-likeness (QED) is 0.203. The van der Waals surface area contributed by atoms with Crippen molar-refractivity contribution in [2.45, 2.75) is 0 Å². The maximum atomic E-state index is 14.3. The predicted molar refractivity (Wildman–Crippen MR) is 180 cm³/mol. The topological polar surface area (TPSA) is 51.6 Å². The van der Waals surface area contributed by atoms with Gasteiger partial charge in [0, 0.05) is 22.3 Å². The first-order chi connectivity index (χ1) is 22.2. The molecule has 4 nitrogen and oxygen atoms in total. The summed E-state index contributed by atoms with van der Waals surface area (Å²) < 4.78 is 14.3. The molecule has 0 unspecified atom stereocenters. The smallest absolute Gasteiger partial charge is 0.123 e. The van der Waals surface area contributed by atoms with Crippen LogP contribution in [0.3, 0.4) is 0 Å². The molecule has 0 spiro atoms. The van der Waals surface area contributed by atoms with E-state index in [2.05, 4.69) is 42.5 Å². The summed E-state index contributed by atoms with van der Waals surface area (Å²) in [5.74, 6) is -0.315. The van der Waals surface area contributed by atoms with Crippen LogP contribution in [0, 0.1) is 5.82 Å². The van der Waals surface area contributed by atoms with Gasteiger partial charge >= 0.3 is 0 Å². The van der Waals surface area contributed by atoms with Gasteiger partial charge in [0.15, 0.2) is 0 Å². The number of fused-ring (bicyclic) bond motifs is 2. The average Bonchev–Trinajstić information content (AvgIpc) is 3.11. The second-order valence-electron chi connectivity index (χ2n) is 10.9. The molecule has 0 saturated heterocycles. The van der Waals surface area contributed by atoms with E-state index in [4.69, 9.17) is 19.9 Å². The molecule has 5 heteroatoms. The molecule has 0 aliphatic heterocycles. The average molecular weight is 581 g/mol. The minimum atomic E-state index is -0.315. The number of hydrogen-bond donors (Lipinski definition) is 0. The van der Waals surface area contributed by atoms with E-state index < -0.39 is 0 Å². The number of rotatable bonds is 5. The molecule has 45 heavy (non-hydrogen) atoms. The van der Waals surface area contributed by atoms with Crippen LogP contribution in [0.1, 0.15) is 0 Å². The van der Waals surface area contributed by atoms with Gasteiger partial charge in [-0.05, 0) is 47.5 Å². The van der Waals surface area contributed by atoms with Crippen molar-refractivity contribution in [2.24, 2.45) is 0 Å². The van der Waals surface area contributed by atoms with Gasteiger partial charge in [0.25, 0.3) is 0 Å². The molecule has 0 atom stereocenters. The van der Waals surface area contributed by atoms with Gasteiger partial charge < -0.3 is 0 Å². The number of halogens is 1. The van der Waals surface area contributed by atoms with Gasteiger partial charge in [0.05, 0.1) is 44.8 Å². The van der Waals surface area contributed by atoms with Crippen molar-refractivity contribution in [1.82, 2.24) is 19.9 Å². The second-order valence-corrected chi connectivity index (χ2v) is 10.9. The first-order valence-electron chi connectivity index (χ1n) is 14.8. The Morgan fingerprint density at radius 1 is 0.289 bits per heavy atom. The Labute approximate surface area is 259 Å². The van der Waals surface area contributed by atoms with Crippen LogP contribution in [0.4, 0.5) is 4.39 Å². The second kappa shape index (κ2) is 11.2. The van der Waals surface area contributed by atoms with Crippen LogP contribution in [0.25, 0.3) is 78.2 Å². The Hall–Kier alpha value is -6.07. The molecule has 8 aromatic rings. The summed E-state index contributed by atoms with van der Waals surface area (Å²) in [6.45, 7) is 0. The largest absolute Gasteiger partial charge is 0.244 e. The fourth-order valence-corrected chi connectivity index (χ4v) is 5.70. The van der Waals surface area contributed by atoms with E-state index in [9.17, 15) is 4.39 Å². The fourth-order valence-electron chi connectivity index (χ4n) is 5.70. The molecular formula is C40H25FN4. The van der Waals surface area contributed by atoms with E-state index in [0.717, 1.165) is 61.3 Å². The van der Waals surface area contributed by atoms with Crippen molar-refractivity contribution in [3.05, 3.63) is 157 Å². The molecule has 0 aliphatic carbocycles. The Balaban J connectivity index is 1.27. The van der Waals surface area contributed by atoms with E-state index >= 15 is 0 Å². The molecule has 0 saturated carbocycles. The van der Waals surface area contributed by atoms with E-state index in [1.165, 1.54) is 12.1 Å². The summed E-state index contributed by atoms with van der Waals surface area (Å²) >= 11 is 0. The molecule has 0 radical (unpaired) electrons. The van der Waals surface area contributed by atoms with Crippen LogP contribution in [0.2, 0.25) is 0 Å². The molecule has 0 aliphatic rings. The minimum Gasteiger partial charge on any atom is -0.244 e. The lowest BCUT2D eigenvalue weighted by Gasteiger charge is -2.13. The van der Waals surface area contributed by atoms with Crippen LogP contribution >= 0.6 is 0 Å². The van der Waals surface area contributed by atoms with Gasteiger partial charge in [-0.1, -0.05) is 115 Å². The van der Waals surface area contributed by atoms with Gasteiger partial charge in [0.2, 0.25) is 0 Å². The highest BCUT2D eigenvalue weighted by Crippen LogP contribution is 2.35. The lowest BCUT2D eigenvalue weighted by molar-refractivity contribution is 0.628. The zero-order valence-electron chi connectivity index (χ0n) is 24.1. The third-order valence-corrected chi connectivity index (χ3v) is 7.90. The molecule has 8 rings (SSSR count). The first-order valence-corrected chi connectivity index (χ1v) is 14.8. The Kier molecular flexibility index (Phi) is 6.61. The van der Waals surface area contributed by atoms with Crippen molar-refractivity contribution in [2.75, 3.05) is 0 Å². The maximum absolute atomic E-state index is 14.3. The van der Waals surface area contributed by atoms with E-state index in [0.29, 0.717) is 17.0 Å². The number of hydrogen-bond acceptors (Lipinski definition) is 4. The Morgan fingerprint density at radius 3 is 1.09 bits per heavy atom. The molecular weight excluding hydrogens is 555 g/mol. The van der Waals surface area contributed by atoms with Crippen molar-refractivity contribution < 1.29 is 4.39 Å². The highest BCUT2D eigenvalue weighted by Gasteiger charge is 2.16. The lowest BCUT2D eigenvalue weighted by Crippen LogP contribution is -1.97. The standard InChI is InChI=1S/C40H25FN4/c41-32-18-10-17-31(23-32)40-39(28-15-8-3-9-16-28)43-34-22-20-30(25-36(34)45-40)29-19-21-33-35(24-29)44-38(27-13-6-2-7-14-27)37(42-33)26-11-4-1-5-12-26/h1-25H. The highest BCUT2D eigenvalue weighted by molar-refractivity contribution is 5.92. The molecule has 6 aromatic carbocycles. The third-order valence-electron chi connectivity index (χ3n) is 7.90. The highest BCUT2D eigenvalue weighted by atomic mass is 19.1. The normalized spacial score (nSPS) is 11.2. The van der Waals surface area contributed by atoms with Crippen LogP contribution in [0.15, 0.2) is 152 Å². The number of aromatic nitrogens is 4. The van der Waals surface area contributed by atoms with E-state index in [-0.39, 0.29) is 5.82 Å². The zero-order valence-corrected chi connectivity index (χ0v) is 24.1. The minimum absolute atomic E-state index is 0.315. The van der Waals surface area contributed by atoms with Gasteiger partial charge in [-0.25, -0.2) is 24.3 Å². The predicted octanol–water partition coefficient (Wildman–Crippen LogP) is 10.0.